The summed E-state index contributed by atoms with van der Waals surface area (Å²) in [6.45, 7) is 9.52. The molecule has 0 atom stereocenters. The van der Waals surface area contributed by atoms with Crippen molar-refractivity contribution in [2.24, 2.45) is 4.99 Å². The van der Waals surface area contributed by atoms with Gasteiger partial charge in [-0.05, 0) is 77.4 Å². The van der Waals surface area contributed by atoms with Gasteiger partial charge in [-0.1, -0.05) is 0 Å². The van der Waals surface area contributed by atoms with Crippen LogP contribution in [0.3, 0.4) is 0 Å². The Hall–Kier alpha value is -2.92. The van der Waals surface area contributed by atoms with Crippen molar-refractivity contribution >= 4 is 41.0 Å². The van der Waals surface area contributed by atoms with Gasteiger partial charge in [0.05, 0.1) is 4.91 Å². The fraction of sp³-hybridized carbons (Fsp3) is 0.478. The van der Waals surface area contributed by atoms with E-state index in [-0.39, 0.29) is 5.75 Å². The number of rotatable bonds is 4. The quantitative estimate of drug-likeness (QED) is 0.373. The number of nitrogens with one attached hydrogen (secondary N) is 2. The molecular weight excluding hydrogens is 463 g/mol. The molecule has 0 bridgehead atoms. The van der Waals surface area contributed by atoms with Gasteiger partial charge in [0.2, 0.25) is 0 Å². The molecule has 11 heteroatoms. The number of amides is 2. The van der Waals surface area contributed by atoms with Crippen molar-refractivity contribution in [2.45, 2.75) is 58.6 Å². The number of carbonyl (C=O) groups is 3. The lowest BCUT2D eigenvalue weighted by molar-refractivity contribution is -0.140. The second-order valence-corrected chi connectivity index (χ2v) is 10.4. The molecule has 3 rings (SSSR count). The minimum Gasteiger partial charge on any atom is -0.444 e. The molecule has 34 heavy (non-hydrogen) atoms. The minimum absolute atomic E-state index is 0.0884. The van der Waals surface area contributed by atoms with Gasteiger partial charge < -0.3 is 14.8 Å². The van der Waals surface area contributed by atoms with Gasteiger partial charge in [0.15, 0.2) is 5.17 Å². The smallest absolute Gasteiger partial charge is 0.408 e. The number of hydrogen-bond acceptors (Lipinski definition) is 8. The normalized spacial score (nSPS) is 18.1. The number of aliphatic imine (C=N–C) groups is 1. The summed E-state index contributed by atoms with van der Waals surface area (Å²) in [7, 11) is 0. The predicted molar refractivity (Wildman–Crippen MR) is 127 cm³/mol. The van der Waals surface area contributed by atoms with Crippen LogP contribution in [0.2, 0.25) is 0 Å². The number of hydrogen-bond donors (Lipinski definition) is 2. The molecule has 184 valence electrons. The van der Waals surface area contributed by atoms with Crippen LogP contribution in [0.1, 0.15) is 53.0 Å². The number of benzene rings is 1. The molecule has 0 radical (unpaired) electrons. The van der Waals surface area contributed by atoms with E-state index in [1.165, 1.54) is 43.8 Å². The van der Waals surface area contributed by atoms with Crippen molar-refractivity contribution in [3.8, 4) is 5.75 Å². The Kier molecular flexibility index (Phi) is 7.67. The molecule has 1 aromatic rings. The van der Waals surface area contributed by atoms with Crippen LogP contribution in [0.5, 0.6) is 5.75 Å². The Labute approximate surface area is 202 Å². The molecule has 0 aliphatic carbocycles. The van der Waals surface area contributed by atoms with Gasteiger partial charge >= 0.3 is 12.1 Å². The molecule has 2 amide bonds. The summed E-state index contributed by atoms with van der Waals surface area (Å²) in [6, 6.07) is 3.65. The largest absolute Gasteiger partial charge is 0.444 e. The number of halogens is 1. The zero-order valence-corrected chi connectivity index (χ0v) is 20.7. The third kappa shape index (κ3) is 6.80. The number of esters is 1. The van der Waals surface area contributed by atoms with Crippen molar-refractivity contribution in [1.82, 2.24) is 15.8 Å². The van der Waals surface area contributed by atoms with Crippen LogP contribution < -0.4 is 15.5 Å². The molecule has 2 N–H and O–H groups in total. The van der Waals surface area contributed by atoms with Crippen LogP contribution in [0.15, 0.2) is 28.1 Å². The lowest BCUT2D eigenvalue weighted by atomic mass is 10.1. The van der Waals surface area contributed by atoms with Gasteiger partial charge in [0.1, 0.15) is 22.7 Å². The Morgan fingerprint density at radius 3 is 2.62 bits per heavy atom. The fourth-order valence-corrected chi connectivity index (χ4v) is 3.97. The van der Waals surface area contributed by atoms with E-state index in [2.05, 4.69) is 15.7 Å². The van der Waals surface area contributed by atoms with E-state index in [0.29, 0.717) is 15.6 Å². The molecule has 0 spiro atoms. The van der Waals surface area contributed by atoms with E-state index in [4.69, 9.17) is 9.47 Å². The topological polar surface area (TPSA) is 109 Å². The van der Waals surface area contributed by atoms with Crippen LogP contribution in [-0.2, 0) is 14.3 Å². The SMILES string of the molecule is CC(C)(C)OC(=O)NC(C)(C)C(=O)Oc1cc(F)ccc1/C=C1\SC(N2CCCCN2)=NC1=O. The van der Waals surface area contributed by atoms with Gasteiger partial charge in [-0.25, -0.2) is 19.4 Å². The van der Waals surface area contributed by atoms with E-state index < -0.39 is 34.9 Å². The maximum Gasteiger partial charge on any atom is 0.408 e. The third-order valence-corrected chi connectivity index (χ3v) is 5.75. The van der Waals surface area contributed by atoms with Gasteiger partial charge in [0.25, 0.3) is 5.91 Å². The molecule has 0 unspecified atom stereocenters. The Morgan fingerprint density at radius 1 is 1.24 bits per heavy atom. The minimum atomic E-state index is -1.47. The van der Waals surface area contributed by atoms with E-state index >= 15 is 0 Å². The lowest BCUT2D eigenvalue weighted by Crippen LogP contribution is -2.52. The number of carbonyl (C=O) groups excluding carboxylic acids is 3. The van der Waals surface area contributed by atoms with Crippen molar-refractivity contribution in [3.05, 3.63) is 34.5 Å². The average molecular weight is 493 g/mol. The average Bonchev–Trinajstić information content (AvgIpc) is 3.09. The Balaban J connectivity index is 1.76. The summed E-state index contributed by atoms with van der Waals surface area (Å²) in [5, 5.41) is 4.83. The number of alkyl carbamates (subject to hydrolysis) is 1. The highest BCUT2D eigenvalue weighted by Gasteiger charge is 2.34. The first-order chi connectivity index (χ1) is 15.8. The molecule has 1 aromatic carbocycles. The maximum absolute atomic E-state index is 14.0. The molecule has 9 nitrogen and oxygen atoms in total. The predicted octanol–water partition coefficient (Wildman–Crippen LogP) is 3.61. The Bertz CT molecular complexity index is 1040. The van der Waals surface area contributed by atoms with Crippen molar-refractivity contribution in [2.75, 3.05) is 13.1 Å². The first-order valence-corrected chi connectivity index (χ1v) is 11.7. The maximum atomic E-state index is 14.0. The van der Waals surface area contributed by atoms with E-state index in [9.17, 15) is 18.8 Å². The summed E-state index contributed by atoms with van der Waals surface area (Å²) in [5.41, 5.74) is 1.30. The summed E-state index contributed by atoms with van der Waals surface area (Å²) in [6.07, 6.45) is 2.75. The fourth-order valence-electron chi connectivity index (χ4n) is 3.06. The zero-order valence-electron chi connectivity index (χ0n) is 19.9. The molecule has 1 saturated heterocycles. The molecular formula is C23H29FN4O5S. The van der Waals surface area contributed by atoms with Gasteiger partial charge in [-0.15, -0.1) is 0 Å². The molecule has 2 heterocycles. The van der Waals surface area contributed by atoms with Crippen molar-refractivity contribution in [3.63, 3.8) is 0 Å². The highest BCUT2D eigenvalue weighted by atomic mass is 32.2. The van der Waals surface area contributed by atoms with Gasteiger partial charge in [0, 0.05) is 24.7 Å². The second kappa shape index (κ2) is 10.1. The highest BCUT2D eigenvalue weighted by molar-refractivity contribution is 8.18. The van der Waals surface area contributed by atoms with Crippen LogP contribution in [0, 0.1) is 5.82 Å². The molecule has 1 fully saturated rings. The van der Waals surface area contributed by atoms with E-state index in [0.717, 1.165) is 32.0 Å². The number of thioether (sulfide) groups is 1. The number of nitrogens with zero attached hydrogens (tertiary/aromatic N) is 2. The first kappa shape index (κ1) is 25.7. The molecule has 2 aliphatic heterocycles. The van der Waals surface area contributed by atoms with Crippen LogP contribution in [0.25, 0.3) is 6.08 Å². The van der Waals surface area contributed by atoms with Crippen LogP contribution in [0.4, 0.5) is 9.18 Å². The van der Waals surface area contributed by atoms with Crippen LogP contribution in [-0.4, -0.2) is 52.4 Å². The summed E-state index contributed by atoms with van der Waals surface area (Å²) >= 11 is 1.19. The van der Waals surface area contributed by atoms with E-state index in [1.54, 1.807) is 20.8 Å². The zero-order chi connectivity index (χ0) is 25.1. The third-order valence-electron chi connectivity index (χ3n) is 4.74. The standard InChI is InChI=1S/C23H29FN4O5S/c1-22(2,3)33-21(31)27-23(4,5)19(30)32-16-13-15(24)9-8-14(16)12-17-18(29)26-20(34-17)28-11-7-6-10-25-28/h8-9,12-13,25H,6-7,10-11H2,1-5H3,(H,27,31)/b17-12-. The number of ether oxygens (including phenoxy) is 2. The second-order valence-electron chi connectivity index (χ2n) is 9.40. The Morgan fingerprint density at radius 2 is 1.97 bits per heavy atom. The number of amidine groups is 1. The number of hydrazine groups is 1. The monoisotopic (exact) mass is 492 g/mol. The van der Waals surface area contributed by atoms with Gasteiger partial charge in [-0.2, -0.15) is 4.99 Å². The van der Waals surface area contributed by atoms with Gasteiger partial charge in [-0.3, -0.25) is 9.80 Å². The first-order valence-electron chi connectivity index (χ1n) is 10.9. The lowest BCUT2D eigenvalue weighted by Gasteiger charge is -2.28. The van der Waals surface area contributed by atoms with Crippen LogP contribution >= 0.6 is 11.8 Å². The summed E-state index contributed by atoms with van der Waals surface area (Å²) in [4.78, 5) is 41.8. The molecule has 2 aliphatic rings. The molecule has 0 aromatic heterocycles. The molecule has 0 saturated carbocycles. The van der Waals surface area contributed by atoms with Crippen molar-refractivity contribution in [1.29, 1.82) is 0 Å². The summed E-state index contributed by atoms with van der Waals surface area (Å²) < 4.78 is 24.6. The van der Waals surface area contributed by atoms with E-state index in [1.807, 2.05) is 5.01 Å². The highest BCUT2D eigenvalue weighted by Crippen LogP contribution is 2.33. The van der Waals surface area contributed by atoms with Crippen molar-refractivity contribution < 1.29 is 28.2 Å². The summed E-state index contributed by atoms with van der Waals surface area (Å²) in [5.74, 6) is -1.97.